The molecule has 2 heterocycles. The highest BCUT2D eigenvalue weighted by molar-refractivity contribution is 7.98. The van der Waals surface area contributed by atoms with E-state index in [1.807, 2.05) is 5.32 Å². The van der Waals surface area contributed by atoms with Crippen LogP contribution in [0.5, 0.6) is 0 Å². The van der Waals surface area contributed by atoms with Crippen molar-refractivity contribution in [2.45, 2.75) is 51.4 Å². The lowest BCUT2D eigenvalue weighted by Gasteiger charge is -2.18. The molecule has 0 aliphatic carbocycles. The van der Waals surface area contributed by atoms with Crippen molar-refractivity contribution in [1.29, 1.82) is 0 Å². The predicted molar refractivity (Wildman–Crippen MR) is 123 cm³/mol. The van der Waals surface area contributed by atoms with Crippen molar-refractivity contribution in [2.75, 3.05) is 12.3 Å². The number of nitrogens with one attached hydrogen (secondary N) is 2. The molecule has 0 aliphatic rings. The highest BCUT2D eigenvalue weighted by atomic mass is 32.2. The van der Waals surface area contributed by atoms with Gasteiger partial charge in [-0.3, -0.25) is 28.5 Å². The van der Waals surface area contributed by atoms with Gasteiger partial charge in [-0.25, -0.2) is 4.79 Å². The monoisotopic (exact) mass is 497 g/mol. The minimum atomic E-state index is -1.40. The zero-order valence-corrected chi connectivity index (χ0v) is 19.7. The fourth-order valence-corrected chi connectivity index (χ4v) is 4.44. The number of fused-ring (bicyclic) bond motifs is 1. The number of thioether (sulfide) groups is 1. The Bertz CT molecular complexity index is 1220. The molecule has 0 saturated heterocycles. The quantitative estimate of drug-likeness (QED) is 0.239. The topological polar surface area (TPSA) is 202 Å². The van der Waals surface area contributed by atoms with Gasteiger partial charge in [0.15, 0.2) is 5.78 Å². The molecule has 2 unspecified atom stereocenters. The summed E-state index contributed by atoms with van der Waals surface area (Å²) >= 11 is 1.21. The molecule has 0 aromatic carbocycles. The summed E-state index contributed by atoms with van der Waals surface area (Å²) < 4.78 is 2.60. The van der Waals surface area contributed by atoms with Crippen molar-refractivity contribution >= 4 is 35.5 Å². The molecule has 6 N–H and O–H groups in total. The summed E-state index contributed by atoms with van der Waals surface area (Å²) in [5.74, 6) is -2.18. The Morgan fingerprint density at radius 1 is 1.03 bits per heavy atom. The van der Waals surface area contributed by atoms with Crippen molar-refractivity contribution in [1.82, 2.24) is 19.7 Å². The number of hydrogen-bond acceptors (Lipinski definition) is 8. The first kappa shape index (κ1) is 26.9. The van der Waals surface area contributed by atoms with E-state index >= 15 is 0 Å². The van der Waals surface area contributed by atoms with E-state index in [-0.39, 0.29) is 24.3 Å². The van der Waals surface area contributed by atoms with Crippen LogP contribution in [0.15, 0.2) is 9.59 Å². The number of aromatic nitrogens is 2. The zero-order chi connectivity index (χ0) is 25.7. The van der Waals surface area contributed by atoms with Gasteiger partial charge in [0.25, 0.3) is 11.1 Å². The van der Waals surface area contributed by atoms with E-state index in [0.29, 0.717) is 22.5 Å². The maximum absolute atomic E-state index is 12.5. The Hall–Kier alpha value is -3.39. The average Bonchev–Trinajstić information content (AvgIpc) is 3.15. The van der Waals surface area contributed by atoms with Gasteiger partial charge in [0.05, 0.1) is 18.3 Å². The molecule has 0 bridgehead atoms. The van der Waals surface area contributed by atoms with Crippen LogP contribution < -0.4 is 27.5 Å². The van der Waals surface area contributed by atoms with Crippen LogP contribution in [0.25, 0.3) is 0 Å². The number of rotatable bonds is 12. The summed E-state index contributed by atoms with van der Waals surface area (Å²) in [5.41, 5.74) is 6.58. The number of aryl methyl sites for hydroxylation is 1. The van der Waals surface area contributed by atoms with E-state index in [9.17, 15) is 28.8 Å². The number of nitrogens with zero attached hydrogens (tertiary/aromatic N) is 2. The Morgan fingerprint density at radius 2 is 1.65 bits per heavy atom. The van der Waals surface area contributed by atoms with Crippen LogP contribution in [-0.2, 0) is 20.1 Å². The molecule has 0 fully saturated rings. The maximum atomic E-state index is 12.5. The molecule has 34 heavy (non-hydrogen) atoms. The molecular formula is C20H27N5O8S. The van der Waals surface area contributed by atoms with Crippen LogP contribution in [0.1, 0.15) is 35.4 Å². The minimum absolute atomic E-state index is 0.0470. The third kappa shape index (κ3) is 5.94. The number of carbonyl (C=O) groups excluding carboxylic acids is 2. The Balaban J connectivity index is 2.14. The summed E-state index contributed by atoms with van der Waals surface area (Å²) in [4.78, 5) is 71.1. The average molecular weight is 498 g/mol. The van der Waals surface area contributed by atoms with Crippen LogP contribution in [0.2, 0.25) is 0 Å². The van der Waals surface area contributed by atoms with E-state index in [2.05, 4.69) is 5.32 Å². The lowest BCUT2D eigenvalue weighted by Crippen LogP contribution is -2.47. The van der Waals surface area contributed by atoms with Gasteiger partial charge in [-0.15, -0.1) is 0 Å². The molecule has 0 saturated carbocycles. The highest BCUT2D eigenvalue weighted by Gasteiger charge is 2.24. The summed E-state index contributed by atoms with van der Waals surface area (Å²) in [6, 6.07) is -2.30. The Labute approximate surface area is 197 Å². The van der Waals surface area contributed by atoms with E-state index in [0.717, 1.165) is 4.52 Å². The second-order valence-electron chi connectivity index (χ2n) is 7.76. The fraction of sp³-hybridized carbons (Fsp3) is 0.500. The number of hydrogen-bond donors (Lipinski definition) is 5. The van der Waals surface area contributed by atoms with Crippen molar-refractivity contribution < 1.29 is 29.4 Å². The van der Waals surface area contributed by atoms with Crippen molar-refractivity contribution in [3.63, 3.8) is 0 Å². The Morgan fingerprint density at radius 3 is 2.24 bits per heavy atom. The van der Waals surface area contributed by atoms with Crippen LogP contribution >= 0.6 is 11.8 Å². The molecule has 2 rings (SSSR count). The van der Waals surface area contributed by atoms with Gasteiger partial charge in [0.1, 0.15) is 6.04 Å². The molecule has 13 nitrogen and oxygen atoms in total. The lowest BCUT2D eigenvalue weighted by atomic mass is 10.1. The first-order chi connectivity index (χ1) is 15.9. The van der Waals surface area contributed by atoms with Crippen LogP contribution in [-0.4, -0.2) is 67.4 Å². The first-order valence-corrected chi connectivity index (χ1v) is 11.4. The van der Waals surface area contributed by atoms with Gasteiger partial charge < -0.3 is 26.6 Å². The molecule has 2 aromatic heterocycles. The summed E-state index contributed by atoms with van der Waals surface area (Å²) in [6.07, 6.45) is -1.78. The van der Waals surface area contributed by atoms with Crippen molar-refractivity contribution in [2.24, 2.45) is 5.73 Å². The smallest absolute Gasteiger partial charge is 0.405 e. The molecular weight excluding hydrogens is 470 g/mol. The second-order valence-corrected chi connectivity index (χ2v) is 8.79. The van der Waals surface area contributed by atoms with Gasteiger partial charge in [-0.2, -0.15) is 16.3 Å². The number of amides is 2. The van der Waals surface area contributed by atoms with Gasteiger partial charge in [0.2, 0.25) is 5.91 Å². The van der Waals surface area contributed by atoms with Gasteiger partial charge in [-0.1, -0.05) is 0 Å². The number of nitrogens with two attached hydrogens (primary N) is 1. The molecule has 186 valence electrons. The first-order valence-electron chi connectivity index (χ1n) is 10.3. The van der Waals surface area contributed by atoms with E-state index < -0.39 is 53.5 Å². The molecule has 2 aromatic rings. The van der Waals surface area contributed by atoms with Crippen LogP contribution in [0.3, 0.4) is 0 Å². The van der Waals surface area contributed by atoms with Gasteiger partial charge >= 0.3 is 12.1 Å². The second kappa shape index (κ2) is 11.2. The number of aliphatic carboxylic acids is 1. The number of carboxylic acids is 1. The van der Waals surface area contributed by atoms with E-state index in [1.165, 1.54) is 16.3 Å². The number of ketones is 1. The molecule has 0 spiro atoms. The number of carbonyl (C=O) groups is 4. The van der Waals surface area contributed by atoms with Crippen LogP contribution in [0.4, 0.5) is 4.79 Å². The fourth-order valence-electron chi connectivity index (χ4n) is 3.28. The van der Waals surface area contributed by atoms with Crippen LogP contribution in [0, 0.1) is 20.8 Å². The molecule has 2 amide bonds. The van der Waals surface area contributed by atoms with Gasteiger partial charge in [-0.05, 0) is 27.2 Å². The summed E-state index contributed by atoms with van der Waals surface area (Å²) in [5, 5.41) is 22.0. The number of Topliss-reactive ketones (excluding diaryl/α,β-unsaturated/α-hetero) is 1. The maximum Gasteiger partial charge on any atom is 0.405 e. The molecule has 14 heteroatoms. The third-order valence-electron chi connectivity index (χ3n) is 5.44. The Kier molecular flexibility index (Phi) is 8.81. The molecule has 0 aliphatic heterocycles. The van der Waals surface area contributed by atoms with Gasteiger partial charge in [0, 0.05) is 34.7 Å². The minimum Gasteiger partial charge on any atom is -0.480 e. The zero-order valence-electron chi connectivity index (χ0n) is 18.9. The van der Waals surface area contributed by atoms with Crippen molar-refractivity contribution in [3.05, 3.63) is 43.2 Å². The highest BCUT2D eigenvalue weighted by Crippen LogP contribution is 2.18. The SMILES string of the molecule is Cc1c(C)n2c(CSCC(NC(=O)CCC(N)C(=O)O)C(=O)CNC(=O)O)c(C)c(=O)n2c1=O. The summed E-state index contributed by atoms with van der Waals surface area (Å²) in [6.45, 7) is 4.40. The molecule has 2 atom stereocenters. The lowest BCUT2D eigenvalue weighted by molar-refractivity contribution is -0.138. The normalized spacial score (nSPS) is 12.9. The summed E-state index contributed by atoms with van der Waals surface area (Å²) in [7, 11) is 0. The standard InChI is InChI=1S/C20H27N5O8S/c1-9-11(3)24-14(10(2)18(29)25(24)17(9)28)8-34-7-13(15(26)6-22-20(32)33)23-16(27)5-4-12(21)19(30)31/h12-13,22H,4-8,21H2,1-3H3,(H,23,27)(H,30,31)(H,32,33). The van der Waals surface area contributed by atoms with E-state index in [4.69, 9.17) is 15.9 Å². The largest absolute Gasteiger partial charge is 0.480 e. The van der Waals surface area contributed by atoms with E-state index in [1.54, 1.807) is 20.8 Å². The number of carboxylic acid groups (broad SMARTS) is 2. The molecule has 0 radical (unpaired) electrons. The third-order valence-corrected chi connectivity index (χ3v) is 6.48. The predicted octanol–water partition coefficient (Wildman–Crippen LogP) is -1.13. The van der Waals surface area contributed by atoms with Crippen molar-refractivity contribution in [3.8, 4) is 0 Å².